The smallest absolute Gasteiger partial charge is 0.418 e. The van der Waals surface area contributed by atoms with Gasteiger partial charge in [0.15, 0.2) is 0 Å². The molecule has 3 aromatic rings. The molecule has 1 amide bonds. The van der Waals surface area contributed by atoms with Crippen molar-refractivity contribution in [1.82, 2.24) is 9.47 Å². The molecule has 0 aliphatic carbocycles. The number of fused-ring (bicyclic) bond motifs is 1. The molecule has 1 saturated heterocycles. The Morgan fingerprint density at radius 2 is 1.49 bits per heavy atom. The van der Waals surface area contributed by atoms with Crippen molar-refractivity contribution in [1.29, 1.82) is 0 Å². The Morgan fingerprint density at radius 3 is 2.11 bits per heavy atom. The van der Waals surface area contributed by atoms with Gasteiger partial charge in [0.05, 0.1) is 5.52 Å². The van der Waals surface area contributed by atoms with Gasteiger partial charge in [0, 0.05) is 42.9 Å². The molecule has 198 valence electrons. The van der Waals surface area contributed by atoms with Crippen LogP contribution in [0.15, 0.2) is 60.8 Å². The first-order valence-corrected chi connectivity index (χ1v) is 13.0. The Bertz CT molecular complexity index is 1230. The van der Waals surface area contributed by atoms with Crippen molar-refractivity contribution < 1.29 is 19.1 Å². The third-order valence-electron chi connectivity index (χ3n) is 6.35. The van der Waals surface area contributed by atoms with Crippen molar-refractivity contribution in [3.8, 4) is 0 Å². The normalized spacial score (nSPS) is 15.0. The lowest BCUT2D eigenvalue weighted by atomic mass is 10.0. The summed E-state index contributed by atoms with van der Waals surface area (Å²) in [5, 5.41) is 0.979. The highest BCUT2D eigenvalue weighted by Gasteiger charge is 2.30. The maximum Gasteiger partial charge on any atom is 0.418 e. The number of hydrogen-bond acceptors (Lipinski definition) is 5. The van der Waals surface area contributed by atoms with Crippen LogP contribution in [0.2, 0.25) is 0 Å². The first-order chi connectivity index (χ1) is 17.4. The van der Waals surface area contributed by atoms with Crippen molar-refractivity contribution in [2.45, 2.75) is 78.2 Å². The van der Waals surface area contributed by atoms with E-state index in [2.05, 4.69) is 41.3 Å². The summed E-state index contributed by atoms with van der Waals surface area (Å²) < 4.78 is 12.7. The van der Waals surface area contributed by atoms with Gasteiger partial charge in [-0.3, -0.25) is 4.57 Å². The zero-order valence-electron chi connectivity index (χ0n) is 22.9. The summed E-state index contributed by atoms with van der Waals surface area (Å²) in [6, 6.07) is 18.8. The van der Waals surface area contributed by atoms with Gasteiger partial charge in [0.25, 0.3) is 0 Å². The van der Waals surface area contributed by atoms with Gasteiger partial charge in [0.1, 0.15) is 11.2 Å². The monoisotopic (exact) mass is 505 g/mol. The van der Waals surface area contributed by atoms with E-state index in [0.717, 1.165) is 36.0 Å². The molecule has 0 radical (unpaired) electrons. The second kappa shape index (κ2) is 10.5. The largest absolute Gasteiger partial charge is 0.444 e. The van der Waals surface area contributed by atoms with Crippen molar-refractivity contribution in [2.75, 3.05) is 18.0 Å². The lowest BCUT2D eigenvalue weighted by Crippen LogP contribution is -2.48. The summed E-state index contributed by atoms with van der Waals surface area (Å²) in [7, 11) is 0. The minimum atomic E-state index is -0.561. The fourth-order valence-corrected chi connectivity index (χ4v) is 4.68. The number of nitrogens with zero attached hydrogens (tertiary/aromatic N) is 3. The Labute approximate surface area is 219 Å². The standard InChI is InChI=1S/C30H39N3O4/c1-29(2,3)36-27(34)31-17-15-24(16-18-31)33(21-22-10-8-7-9-11-22)25-12-13-26-23(20-25)14-19-32(26)28(35)37-30(4,5)6/h7-14,19-20,24H,15-18,21H2,1-6H3. The van der Waals surface area contributed by atoms with Gasteiger partial charge < -0.3 is 19.3 Å². The SMILES string of the molecule is CC(C)(C)OC(=O)N1CCC(N(Cc2ccccc2)c2ccc3c(ccn3C(=O)OC(C)(C)C)c2)CC1. The summed E-state index contributed by atoms with van der Waals surface area (Å²) in [4.78, 5) is 29.5. The molecule has 0 bridgehead atoms. The van der Waals surface area contributed by atoms with E-state index in [0.29, 0.717) is 13.1 Å². The summed E-state index contributed by atoms with van der Waals surface area (Å²) >= 11 is 0. The predicted octanol–water partition coefficient (Wildman–Crippen LogP) is 6.83. The van der Waals surface area contributed by atoms with Gasteiger partial charge in [-0.1, -0.05) is 30.3 Å². The molecule has 1 aromatic heterocycles. The average Bonchev–Trinajstić information content (AvgIpc) is 3.25. The van der Waals surface area contributed by atoms with E-state index in [9.17, 15) is 9.59 Å². The minimum absolute atomic E-state index is 0.245. The second-order valence-electron chi connectivity index (χ2n) is 11.7. The number of amides is 1. The predicted molar refractivity (Wildman–Crippen MR) is 147 cm³/mol. The Balaban J connectivity index is 1.57. The summed E-state index contributed by atoms with van der Waals surface area (Å²) in [5.74, 6) is 0. The number of piperidine rings is 1. The zero-order valence-corrected chi connectivity index (χ0v) is 22.9. The quantitative estimate of drug-likeness (QED) is 0.389. The van der Waals surface area contributed by atoms with Crippen LogP contribution in [-0.2, 0) is 16.0 Å². The topological polar surface area (TPSA) is 64.0 Å². The summed E-state index contributed by atoms with van der Waals surface area (Å²) in [5.41, 5.74) is 2.07. The fraction of sp³-hybridized carbons (Fsp3) is 0.467. The minimum Gasteiger partial charge on any atom is -0.444 e. The van der Waals surface area contributed by atoms with Crippen molar-refractivity contribution in [3.05, 3.63) is 66.4 Å². The molecule has 1 aliphatic rings. The highest BCUT2D eigenvalue weighted by Crippen LogP contribution is 2.30. The number of carbonyl (C=O) groups is 2. The molecule has 0 N–H and O–H groups in total. The Kier molecular flexibility index (Phi) is 7.53. The van der Waals surface area contributed by atoms with Gasteiger partial charge in [-0.2, -0.15) is 0 Å². The Morgan fingerprint density at radius 1 is 0.865 bits per heavy atom. The third-order valence-corrected chi connectivity index (χ3v) is 6.35. The van der Waals surface area contributed by atoms with Crippen molar-refractivity contribution in [2.24, 2.45) is 0 Å². The van der Waals surface area contributed by atoms with Gasteiger partial charge >= 0.3 is 12.2 Å². The number of rotatable bonds is 4. The molecule has 1 aliphatic heterocycles. The average molecular weight is 506 g/mol. The van der Waals surface area contributed by atoms with Crippen LogP contribution in [0.25, 0.3) is 10.9 Å². The van der Waals surface area contributed by atoms with Gasteiger partial charge in [-0.15, -0.1) is 0 Å². The first kappa shape index (κ1) is 26.6. The number of carbonyl (C=O) groups excluding carboxylic acids is 2. The van der Waals surface area contributed by atoms with Crippen LogP contribution < -0.4 is 4.90 Å². The molecule has 2 heterocycles. The van der Waals surface area contributed by atoms with E-state index in [4.69, 9.17) is 9.47 Å². The van der Waals surface area contributed by atoms with E-state index in [1.807, 2.05) is 64.6 Å². The van der Waals surface area contributed by atoms with Crippen molar-refractivity contribution in [3.63, 3.8) is 0 Å². The maximum atomic E-state index is 12.7. The number of hydrogen-bond donors (Lipinski definition) is 0. The lowest BCUT2D eigenvalue weighted by Gasteiger charge is -2.40. The van der Waals surface area contributed by atoms with Gasteiger partial charge in [-0.25, -0.2) is 9.59 Å². The van der Waals surface area contributed by atoms with Crippen LogP contribution in [0.5, 0.6) is 0 Å². The van der Waals surface area contributed by atoms with Crippen LogP contribution in [0.1, 0.15) is 59.9 Å². The molecule has 0 atom stereocenters. The number of likely N-dealkylation sites (tertiary alicyclic amines) is 1. The molecule has 2 aromatic carbocycles. The number of benzene rings is 2. The van der Waals surface area contributed by atoms with E-state index in [-0.39, 0.29) is 18.2 Å². The van der Waals surface area contributed by atoms with E-state index < -0.39 is 11.2 Å². The highest BCUT2D eigenvalue weighted by molar-refractivity contribution is 5.91. The molecule has 0 saturated carbocycles. The molecule has 0 unspecified atom stereocenters. The van der Waals surface area contributed by atoms with Crippen LogP contribution in [0.3, 0.4) is 0 Å². The maximum absolute atomic E-state index is 12.7. The molecule has 0 spiro atoms. The zero-order chi connectivity index (χ0) is 26.8. The molecule has 7 nitrogen and oxygen atoms in total. The molecule has 7 heteroatoms. The van der Waals surface area contributed by atoms with Gasteiger partial charge in [0.2, 0.25) is 0 Å². The fourth-order valence-electron chi connectivity index (χ4n) is 4.68. The Hall–Kier alpha value is -3.48. The third kappa shape index (κ3) is 6.85. The molecule has 4 rings (SSSR count). The summed E-state index contributed by atoms with van der Waals surface area (Å²) in [6.07, 6.45) is 2.84. The number of ether oxygens (including phenoxy) is 2. The number of anilines is 1. The highest BCUT2D eigenvalue weighted by atomic mass is 16.6. The molecular formula is C30H39N3O4. The van der Waals surface area contributed by atoms with Crippen molar-refractivity contribution >= 4 is 28.8 Å². The van der Waals surface area contributed by atoms with E-state index in [1.165, 1.54) is 5.56 Å². The lowest BCUT2D eigenvalue weighted by molar-refractivity contribution is 0.0204. The van der Waals surface area contributed by atoms with Gasteiger partial charge in [-0.05, 0) is 84.2 Å². The van der Waals surface area contributed by atoms with E-state index >= 15 is 0 Å². The second-order valence-corrected chi connectivity index (χ2v) is 11.7. The molecule has 1 fully saturated rings. The molecule has 37 heavy (non-hydrogen) atoms. The first-order valence-electron chi connectivity index (χ1n) is 13.0. The summed E-state index contributed by atoms with van der Waals surface area (Å²) in [6.45, 7) is 13.3. The molecular weight excluding hydrogens is 466 g/mol. The van der Waals surface area contributed by atoms with E-state index in [1.54, 1.807) is 10.8 Å². The van der Waals surface area contributed by atoms with Crippen LogP contribution >= 0.6 is 0 Å². The van der Waals surface area contributed by atoms with Crippen LogP contribution in [0.4, 0.5) is 15.3 Å². The van der Waals surface area contributed by atoms with Crippen LogP contribution in [-0.4, -0.2) is 52.0 Å². The van der Waals surface area contributed by atoms with Crippen LogP contribution in [0, 0.1) is 0 Å². The number of aromatic nitrogens is 1.